The molecule has 11 atom stereocenters. The Morgan fingerprint density at radius 1 is 1.07 bits per heavy atom. The lowest BCUT2D eigenvalue weighted by Crippen LogP contribution is -2.63. The second-order valence-electron chi connectivity index (χ2n) is 15.0. The molecule has 1 unspecified atom stereocenters. The van der Waals surface area contributed by atoms with E-state index in [2.05, 4.69) is 27.4 Å². The molecule has 1 aromatic rings. The summed E-state index contributed by atoms with van der Waals surface area (Å²) in [7, 11) is 0. The van der Waals surface area contributed by atoms with E-state index in [4.69, 9.17) is 4.74 Å². The van der Waals surface area contributed by atoms with Crippen molar-refractivity contribution in [3.63, 3.8) is 0 Å². The number of fused-ring (bicyclic) bond motifs is 1. The van der Waals surface area contributed by atoms with Crippen molar-refractivity contribution >= 4 is 35.3 Å². The molecule has 244 valence electrons. The van der Waals surface area contributed by atoms with Crippen LogP contribution >= 0.6 is 11.8 Å². The average Bonchev–Trinajstić information content (AvgIpc) is 3.51. The molecule has 6 rings (SSSR count). The number of hydrogen-bond acceptors (Lipinski definition) is 8. The van der Waals surface area contributed by atoms with Crippen molar-refractivity contribution in [3.05, 3.63) is 48.0 Å². The van der Waals surface area contributed by atoms with Crippen LogP contribution in [0.15, 0.2) is 36.9 Å². The Kier molecular flexibility index (Phi) is 8.39. The predicted octanol–water partition coefficient (Wildman–Crippen LogP) is 5.20. The number of amides is 2. The van der Waals surface area contributed by atoms with Gasteiger partial charge in [-0.05, 0) is 74.3 Å². The Morgan fingerprint density at radius 3 is 2.36 bits per heavy atom. The molecule has 1 aliphatic heterocycles. The minimum Gasteiger partial charge on any atom is -0.461 e. The molecule has 0 aromatic heterocycles. The average molecular weight is 638 g/mol. The number of rotatable bonds is 6. The maximum Gasteiger partial charge on any atom is 0.316 e. The normalized spacial score (nSPS) is 42.9. The number of carbonyl (C=O) groups excluding carboxylic acids is 4. The predicted molar refractivity (Wildman–Crippen MR) is 171 cm³/mol. The first-order valence-electron chi connectivity index (χ1n) is 16.6. The van der Waals surface area contributed by atoms with E-state index in [1.165, 1.54) is 16.7 Å². The molecule has 8 nitrogen and oxygen atoms in total. The summed E-state index contributed by atoms with van der Waals surface area (Å²) in [5.74, 6) is -0.994. The third kappa shape index (κ3) is 4.94. The number of imide groups is 1. The van der Waals surface area contributed by atoms with Crippen molar-refractivity contribution in [1.29, 1.82) is 0 Å². The highest BCUT2D eigenvalue weighted by molar-refractivity contribution is 8.00. The molecule has 1 aromatic carbocycles. The first-order chi connectivity index (χ1) is 21.3. The molecule has 4 aliphatic carbocycles. The van der Waals surface area contributed by atoms with Gasteiger partial charge in [-0.2, -0.15) is 0 Å². The van der Waals surface area contributed by atoms with Gasteiger partial charge >= 0.3 is 5.97 Å². The maximum atomic E-state index is 13.6. The molecule has 1 heterocycles. The number of ether oxygens (including phenoxy) is 1. The highest BCUT2D eigenvalue weighted by atomic mass is 32.2. The molecular weight excluding hydrogens is 590 g/mol. The highest BCUT2D eigenvalue weighted by Crippen LogP contribution is 2.68. The number of esters is 1. The Hall–Kier alpha value is -2.49. The summed E-state index contributed by atoms with van der Waals surface area (Å²) in [4.78, 5) is 54.4. The quantitative estimate of drug-likeness (QED) is 0.248. The molecule has 2 N–H and O–H groups in total. The number of ketones is 1. The van der Waals surface area contributed by atoms with Crippen LogP contribution in [0.4, 0.5) is 0 Å². The molecule has 0 saturated heterocycles. The minimum absolute atomic E-state index is 0.0356. The summed E-state index contributed by atoms with van der Waals surface area (Å²) >= 11 is 1.34. The Morgan fingerprint density at radius 2 is 1.73 bits per heavy atom. The first kappa shape index (κ1) is 32.5. The van der Waals surface area contributed by atoms with E-state index in [1.54, 1.807) is 30.3 Å². The van der Waals surface area contributed by atoms with E-state index in [-0.39, 0.29) is 58.2 Å². The van der Waals surface area contributed by atoms with Gasteiger partial charge in [0.15, 0.2) is 0 Å². The van der Waals surface area contributed by atoms with Crippen LogP contribution in [0.2, 0.25) is 0 Å². The molecule has 4 fully saturated rings. The van der Waals surface area contributed by atoms with Crippen molar-refractivity contribution in [2.24, 2.45) is 34.0 Å². The second kappa shape index (κ2) is 11.6. The maximum absolute atomic E-state index is 13.6. The van der Waals surface area contributed by atoms with Gasteiger partial charge in [-0.15, -0.1) is 18.3 Å². The molecule has 45 heavy (non-hydrogen) atoms. The van der Waals surface area contributed by atoms with Crippen LogP contribution in [0, 0.1) is 34.0 Å². The standard InChI is InChI=1S/C36H47NO7S/c1-6-34(4)18-28(35(5)20(2)13-15-36(21(3)31(34)41)16-14-25(38)30(35)36)44-29(40)19-45-27-12-11-22(17-26(27)39)37-32(42)23-9-7-8-10-24(23)33(37)43/h6-10,20-22,26-28,30-31,39,41H,1,11-19H2,2-5H3/t20?,21-,22+,26+,27+,28+,30-,31-,34+,35-,36-/m0/s1. The van der Waals surface area contributed by atoms with Crippen LogP contribution in [0.1, 0.15) is 99.8 Å². The zero-order valence-corrected chi connectivity index (χ0v) is 27.7. The lowest BCUT2D eigenvalue weighted by Gasteiger charge is -2.61. The van der Waals surface area contributed by atoms with Gasteiger partial charge in [0.05, 0.1) is 29.1 Å². The SMILES string of the molecule is C=C[C@]1(C)C[C@@H](OC(=O)CS[C@@H]2CC[C@@H](N3C(=O)c4ccccc4C3=O)C[C@H]2O)[C@]2(C)C(C)CC[C@]3(CCC(=O)[C@H]32)[C@@H](C)[C@@H]1O. The molecule has 0 spiro atoms. The summed E-state index contributed by atoms with van der Waals surface area (Å²) < 4.78 is 6.36. The molecule has 9 heteroatoms. The van der Waals surface area contributed by atoms with Crippen molar-refractivity contribution in [3.8, 4) is 0 Å². The van der Waals surface area contributed by atoms with E-state index in [9.17, 15) is 29.4 Å². The summed E-state index contributed by atoms with van der Waals surface area (Å²) in [6.07, 6.45) is 4.48. The van der Waals surface area contributed by atoms with Crippen LogP contribution in [0.3, 0.4) is 0 Å². The van der Waals surface area contributed by atoms with Crippen LogP contribution in [0.5, 0.6) is 0 Å². The van der Waals surface area contributed by atoms with Gasteiger partial charge in [0.2, 0.25) is 0 Å². The highest BCUT2D eigenvalue weighted by Gasteiger charge is 2.68. The number of benzene rings is 1. The summed E-state index contributed by atoms with van der Waals surface area (Å²) in [6.45, 7) is 12.4. The lowest BCUT2D eigenvalue weighted by atomic mass is 9.44. The van der Waals surface area contributed by atoms with Gasteiger partial charge in [0.25, 0.3) is 11.8 Å². The fraction of sp³-hybridized carbons (Fsp3) is 0.667. The lowest BCUT2D eigenvalue weighted by molar-refractivity contribution is -0.205. The summed E-state index contributed by atoms with van der Waals surface area (Å²) in [5, 5.41) is 22.6. The first-order valence-corrected chi connectivity index (χ1v) is 17.6. The number of nitrogens with zero attached hydrogens (tertiary/aromatic N) is 1. The number of hydrogen-bond donors (Lipinski definition) is 2. The van der Waals surface area contributed by atoms with Crippen LogP contribution in [-0.2, 0) is 14.3 Å². The smallest absolute Gasteiger partial charge is 0.316 e. The van der Waals surface area contributed by atoms with Gasteiger partial charge in [-0.1, -0.05) is 45.9 Å². The summed E-state index contributed by atoms with van der Waals surface area (Å²) in [6, 6.07) is 6.40. The van der Waals surface area contributed by atoms with Crippen molar-refractivity contribution in [2.45, 2.75) is 109 Å². The van der Waals surface area contributed by atoms with Crippen LogP contribution < -0.4 is 0 Å². The third-order valence-electron chi connectivity index (χ3n) is 12.9. The van der Waals surface area contributed by atoms with E-state index in [0.29, 0.717) is 36.8 Å². The van der Waals surface area contributed by atoms with Gasteiger partial charge in [-0.3, -0.25) is 24.1 Å². The molecule has 4 saturated carbocycles. The van der Waals surface area contributed by atoms with E-state index in [1.807, 2.05) is 6.92 Å². The second-order valence-corrected chi connectivity index (χ2v) is 16.2. The molecular formula is C36H47NO7S. The minimum atomic E-state index is -0.791. The zero-order valence-electron chi connectivity index (χ0n) is 26.9. The number of carbonyl (C=O) groups is 4. The van der Waals surface area contributed by atoms with Crippen LogP contribution in [0.25, 0.3) is 0 Å². The molecule has 0 radical (unpaired) electrons. The van der Waals surface area contributed by atoms with E-state index >= 15 is 0 Å². The monoisotopic (exact) mass is 637 g/mol. The van der Waals surface area contributed by atoms with Gasteiger partial charge in [-0.25, -0.2) is 0 Å². The van der Waals surface area contributed by atoms with Crippen molar-refractivity contribution in [1.82, 2.24) is 4.90 Å². The van der Waals surface area contributed by atoms with Crippen molar-refractivity contribution in [2.75, 3.05) is 5.75 Å². The molecule has 5 aliphatic rings. The summed E-state index contributed by atoms with van der Waals surface area (Å²) in [5.41, 5.74) is -0.799. The molecule has 2 bridgehead atoms. The Balaban J connectivity index is 1.15. The third-order valence-corrected chi connectivity index (χ3v) is 14.3. The Labute approximate surface area is 270 Å². The van der Waals surface area contributed by atoms with Gasteiger partial charge in [0, 0.05) is 34.5 Å². The fourth-order valence-electron chi connectivity index (χ4n) is 9.94. The number of aliphatic hydroxyl groups is 2. The number of Topliss-reactive ketones (excluding diaryl/α,β-unsaturated/α-hetero) is 1. The largest absolute Gasteiger partial charge is 0.461 e. The zero-order chi connectivity index (χ0) is 32.5. The Bertz CT molecular complexity index is 1380. The fourth-order valence-corrected chi connectivity index (χ4v) is 11.0. The van der Waals surface area contributed by atoms with Gasteiger partial charge < -0.3 is 14.9 Å². The van der Waals surface area contributed by atoms with Gasteiger partial charge in [0.1, 0.15) is 11.9 Å². The van der Waals surface area contributed by atoms with E-state index < -0.39 is 41.2 Å². The van der Waals surface area contributed by atoms with Crippen molar-refractivity contribution < 1.29 is 34.1 Å². The topological polar surface area (TPSA) is 121 Å². The molecule has 2 amide bonds. The van der Waals surface area contributed by atoms with E-state index in [0.717, 1.165) is 19.3 Å². The number of thioether (sulfide) groups is 1. The number of aliphatic hydroxyl groups excluding tert-OH is 2. The van der Waals surface area contributed by atoms with Crippen LogP contribution in [-0.4, -0.2) is 74.0 Å².